The molecule has 0 saturated carbocycles. The number of hydrogen-bond acceptors (Lipinski definition) is 6. The molecule has 7 nitrogen and oxygen atoms in total. The lowest BCUT2D eigenvalue weighted by Gasteiger charge is -2.36. The second-order valence-electron chi connectivity index (χ2n) is 6.79. The smallest absolute Gasteiger partial charge is 0.229 e. The molecule has 3 rings (SSSR count). The molecule has 0 aromatic carbocycles. The fraction of sp³-hybridized carbons (Fsp3) is 0.526. The lowest BCUT2D eigenvalue weighted by molar-refractivity contribution is -0.134. The summed E-state index contributed by atoms with van der Waals surface area (Å²) in [5.41, 5.74) is 7.02. The van der Waals surface area contributed by atoms with Crippen LogP contribution in [0.3, 0.4) is 0 Å². The highest BCUT2D eigenvalue weighted by molar-refractivity contribution is 7.08. The van der Waals surface area contributed by atoms with Gasteiger partial charge in [0.25, 0.3) is 0 Å². The van der Waals surface area contributed by atoms with Gasteiger partial charge in [-0.1, -0.05) is 0 Å². The summed E-state index contributed by atoms with van der Waals surface area (Å²) in [7, 11) is 0. The van der Waals surface area contributed by atoms with Crippen LogP contribution in [0.4, 0.5) is 0 Å². The highest BCUT2D eigenvalue weighted by Crippen LogP contribution is 2.25. The first kappa shape index (κ1) is 25.4. The second-order valence-corrected chi connectivity index (χ2v) is 7.57. The molecule has 1 fully saturated rings. The van der Waals surface area contributed by atoms with E-state index < -0.39 is 0 Å². The number of nitrogens with zero attached hydrogens (tertiary/aromatic N) is 2. The van der Waals surface area contributed by atoms with Crippen molar-refractivity contribution in [2.75, 3.05) is 19.6 Å². The molecule has 1 saturated heterocycles. The molecular formula is C19H28Cl2N4O3S. The SMILES string of the molecule is Cc1oc(-c2ccsc2)nc1CC(=O)N1CCCCC1CNC(=O)CCN.Cl.Cl. The van der Waals surface area contributed by atoms with Gasteiger partial charge in [0.2, 0.25) is 17.7 Å². The molecule has 0 radical (unpaired) electrons. The van der Waals surface area contributed by atoms with E-state index in [1.165, 1.54) is 0 Å². The third-order valence-corrected chi connectivity index (χ3v) is 5.52. The number of oxazole rings is 1. The molecule has 162 valence electrons. The molecule has 0 bridgehead atoms. The molecule has 0 spiro atoms. The molecule has 2 aromatic heterocycles. The van der Waals surface area contributed by atoms with E-state index in [-0.39, 0.29) is 49.1 Å². The van der Waals surface area contributed by atoms with E-state index in [2.05, 4.69) is 10.3 Å². The van der Waals surface area contributed by atoms with Crippen LogP contribution >= 0.6 is 36.2 Å². The molecule has 10 heteroatoms. The minimum absolute atomic E-state index is 0. The van der Waals surface area contributed by atoms with E-state index >= 15 is 0 Å². The average Bonchev–Trinajstić information content (AvgIpc) is 3.31. The molecule has 2 aromatic rings. The maximum absolute atomic E-state index is 12.9. The van der Waals surface area contributed by atoms with Crippen molar-refractivity contribution in [1.29, 1.82) is 0 Å². The number of rotatable bonds is 7. The standard InChI is InChI=1S/C19H26N4O3S.2ClH/c1-13-16(22-19(26-13)14-6-9-27-12-14)10-18(25)23-8-3-2-4-15(23)11-21-17(24)5-7-20;;/h6,9,12,15H,2-5,7-8,10-11,20H2,1H3,(H,21,24);2*1H. The summed E-state index contributed by atoms with van der Waals surface area (Å²) in [6.07, 6.45) is 3.47. The fourth-order valence-electron chi connectivity index (χ4n) is 3.34. The maximum atomic E-state index is 12.9. The van der Waals surface area contributed by atoms with Crippen molar-refractivity contribution in [2.45, 2.75) is 45.1 Å². The Balaban J connectivity index is 0.00000210. The van der Waals surface area contributed by atoms with Gasteiger partial charge in [0.05, 0.1) is 12.1 Å². The number of thiophene rings is 1. The summed E-state index contributed by atoms with van der Waals surface area (Å²) in [6.45, 7) is 3.36. The van der Waals surface area contributed by atoms with Crippen LogP contribution in [0.5, 0.6) is 0 Å². The van der Waals surface area contributed by atoms with Gasteiger partial charge in [-0.15, -0.1) is 24.8 Å². The Bertz CT molecular complexity index is 783. The van der Waals surface area contributed by atoms with Gasteiger partial charge in [0.1, 0.15) is 5.76 Å². The number of hydrogen-bond donors (Lipinski definition) is 2. The monoisotopic (exact) mass is 462 g/mol. The summed E-state index contributed by atoms with van der Waals surface area (Å²) in [6, 6.07) is 1.98. The van der Waals surface area contributed by atoms with E-state index in [9.17, 15) is 9.59 Å². The Labute approximate surface area is 187 Å². The molecule has 1 aliphatic heterocycles. The Morgan fingerprint density at radius 2 is 2.17 bits per heavy atom. The van der Waals surface area contributed by atoms with Crippen molar-refractivity contribution in [3.8, 4) is 11.5 Å². The van der Waals surface area contributed by atoms with Crippen molar-refractivity contribution in [2.24, 2.45) is 5.73 Å². The summed E-state index contributed by atoms with van der Waals surface area (Å²) < 4.78 is 5.74. The highest BCUT2D eigenvalue weighted by atomic mass is 35.5. The number of halogens is 2. The molecule has 3 heterocycles. The van der Waals surface area contributed by atoms with E-state index in [1.54, 1.807) is 11.3 Å². The summed E-state index contributed by atoms with van der Waals surface area (Å²) in [5.74, 6) is 1.19. The third kappa shape index (κ3) is 6.70. The lowest BCUT2D eigenvalue weighted by Crippen LogP contribution is -2.50. The number of carbonyl (C=O) groups excluding carboxylic acids is 2. The van der Waals surface area contributed by atoms with Crippen LogP contribution in [0.1, 0.15) is 37.1 Å². The number of likely N-dealkylation sites (tertiary alicyclic amines) is 1. The number of aryl methyl sites for hydroxylation is 1. The molecule has 3 N–H and O–H groups in total. The third-order valence-electron chi connectivity index (χ3n) is 4.83. The number of amides is 2. The van der Waals surface area contributed by atoms with Crippen LogP contribution in [0.15, 0.2) is 21.2 Å². The average molecular weight is 463 g/mol. The minimum atomic E-state index is -0.0665. The van der Waals surface area contributed by atoms with Crippen LogP contribution in [0, 0.1) is 6.92 Å². The quantitative estimate of drug-likeness (QED) is 0.658. The highest BCUT2D eigenvalue weighted by Gasteiger charge is 2.28. The predicted octanol–water partition coefficient (Wildman–Crippen LogP) is 2.94. The van der Waals surface area contributed by atoms with Crippen LogP contribution in [-0.4, -0.2) is 47.4 Å². The molecule has 1 unspecified atom stereocenters. The first-order chi connectivity index (χ1) is 13.1. The number of aromatic nitrogens is 1. The molecule has 2 amide bonds. The molecule has 29 heavy (non-hydrogen) atoms. The van der Waals surface area contributed by atoms with E-state index in [0.717, 1.165) is 24.8 Å². The van der Waals surface area contributed by atoms with Crippen molar-refractivity contribution in [3.05, 3.63) is 28.3 Å². The number of nitrogens with one attached hydrogen (secondary N) is 1. The van der Waals surface area contributed by atoms with E-state index in [0.29, 0.717) is 43.4 Å². The predicted molar refractivity (Wildman–Crippen MR) is 119 cm³/mol. The van der Waals surface area contributed by atoms with Crippen molar-refractivity contribution < 1.29 is 14.0 Å². The van der Waals surface area contributed by atoms with Gasteiger partial charge in [-0.2, -0.15) is 11.3 Å². The van der Waals surface area contributed by atoms with Crippen LogP contribution in [-0.2, 0) is 16.0 Å². The molecule has 1 atom stereocenters. The summed E-state index contributed by atoms with van der Waals surface area (Å²) in [5, 5.41) is 6.83. The van der Waals surface area contributed by atoms with Gasteiger partial charge in [0.15, 0.2) is 0 Å². The Hall–Kier alpha value is -1.61. The van der Waals surface area contributed by atoms with Gasteiger partial charge in [-0.3, -0.25) is 9.59 Å². The van der Waals surface area contributed by atoms with Gasteiger partial charge in [-0.25, -0.2) is 4.98 Å². The zero-order chi connectivity index (χ0) is 19.2. The molecule has 1 aliphatic rings. The Morgan fingerprint density at radius 1 is 1.38 bits per heavy atom. The van der Waals surface area contributed by atoms with Gasteiger partial charge in [0, 0.05) is 43.0 Å². The van der Waals surface area contributed by atoms with Crippen molar-refractivity contribution in [3.63, 3.8) is 0 Å². The summed E-state index contributed by atoms with van der Waals surface area (Å²) >= 11 is 1.58. The first-order valence-corrected chi connectivity index (χ1v) is 10.3. The van der Waals surface area contributed by atoms with Gasteiger partial charge < -0.3 is 20.4 Å². The topological polar surface area (TPSA) is 101 Å². The van der Waals surface area contributed by atoms with Crippen molar-refractivity contribution >= 4 is 48.0 Å². The molecular weight excluding hydrogens is 435 g/mol. The number of nitrogens with two attached hydrogens (primary N) is 1. The first-order valence-electron chi connectivity index (χ1n) is 9.33. The van der Waals surface area contributed by atoms with E-state index in [4.69, 9.17) is 10.2 Å². The van der Waals surface area contributed by atoms with Crippen molar-refractivity contribution in [1.82, 2.24) is 15.2 Å². The normalized spacial score (nSPS) is 15.9. The zero-order valence-electron chi connectivity index (χ0n) is 16.4. The molecule has 0 aliphatic carbocycles. The lowest BCUT2D eigenvalue weighted by atomic mass is 10.0. The van der Waals surface area contributed by atoms with Crippen LogP contribution in [0.2, 0.25) is 0 Å². The Kier molecular flexibility index (Phi) is 10.7. The van der Waals surface area contributed by atoms with Crippen LogP contribution < -0.4 is 11.1 Å². The van der Waals surface area contributed by atoms with Gasteiger partial charge in [-0.05, 0) is 37.6 Å². The van der Waals surface area contributed by atoms with E-state index in [1.807, 2.05) is 28.7 Å². The number of piperidine rings is 1. The minimum Gasteiger partial charge on any atom is -0.441 e. The van der Waals surface area contributed by atoms with Crippen LogP contribution in [0.25, 0.3) is 11.5 Å². The summed E-state index contributed by atoms with van der Waals surface area (Å²) in [4.78, 5) is 31.0. The zero-order valence-corrected chi connectivity index (χ0v) is 18.8. The second kappa shape index (κ2) is 12.2. The van der Waals surface area contributed by atoms with Gasteiger partial charge >= 0.3 is 0 Å². The maximum Gasteiger partial charge on any atom is 0.229 e. The largest absolute Gasteiger partial charge is 0.441 e. The Morgan fingerprint density at radius 3 is 2.86 bits per heavy atom. The number of carbonyl (C=O) groups is 2. The fourth-order valence-corrected chi connectivity index (χ4v) is 3.97.